The van der Waals surface area contributed by atoms with E-state index >= 15 is 0 Å². The topological polar surface area (TPSA) is 51.2 Å². The van der Waals surface area contributed by atoms with Gasteiger partial charge in [-0.3, -0.25) is 9.78 Å². The molecule has 0 unspecified atom stereocenters. The lowest BCUT2D eigenvalue weighted by Gasteiger charge is -2.08. The maximum atomic E-state index is 11.9. The van der Waals surface area contributed by atoms with Gasteiger partial charge in [0, 0.05) is 24.7 Å². The Hall–Kier alpha value is -2.80. The van der Waals surface area contributed by atoms with Gasteiger partial charge < -0.3 is 10.1 Å². The van der Waals surface area contributed by atoms with Crippen molar-refractivity contribution in [3.8, 4) is 18.1 Å². The van der Waals surface area contributed by atoms with E-state index in [1.807, 2.05) is 30.3 Å². The predicted molar refractivity (Wildman–Crippen MR) is 95.0 cm³/mol. The van der Waals surface area contributed by atoms with E-state index in [-0.39, 0.29) is 5.91 Å². The summed E-state index contributed by atoms with van der Waals surface area (Å²) >= 11 is 0. The highest BCUT2D eigenvalue weighted by atomic mass is 16.5. The third-order valence-corrected chi connectivity index (χ3v) is 3.39. The molecule has 0 atom stereocenters. The molecule has 0 aliphatic heterocycles. The molecule has 4 nitrogen and oxygen atoms in total. The van der Waals surface area contributed by atoms with E-state index in [9.17, 15) is 4.79 Å². The standard InChI is InChI=1S/C20H22N2O2/c1-4-16-6-5-7-18(12-16)24-11-10-17-8-9-19(21-14-17)20(23)22-13-15(2)3/h1,5-9,12,14-15H,10-11,13H2,2-3H3,(H,22,23). The van der Waals surface area contributed by atoms with Crippen molar-refractivity contribution < 1.29 is 9.53 Å². The zero-order valence-corrected chi connectivity index (χ0v) is 14.1. The van der Waals surface area contributed by atoms with E-state index in [0.29, 0.717) is 31.2 Å². The van der Waals surface area contributed by atoms with Crippen LogP contribution in [0.3, 0.4) is 0 Å². The number of rotatable bonds is 7. The van der Waals surface area contributed by atoms with Crippen molar-refractivity contribution in [2.45, 2.75) is 20.3 Å². The number of hydrogen-bond acceptors (Lipinski definition) is 3. The number of nitrogens with zero attached hydrogens (tertiary/aromatic N) is 1. The fourth-order valence-corrected chi connectivity index (χ4v) is 2.06. The third-order valence-electron chi connectivity index (χ3n) is 3.39. The summed E-state index contributed by atoms with van der Waals surface area (Å²) in [5, 5.41) is 2.85. The molecule has 0 aliphatic rings. The van der Waals surface area contributed by atoms with E-state index < -0.39 is 0 Å². The minimum absolute atomic E-state index is 0.141. The highest BCUT2D eigenvalue weighted by Crippen LogP contribution is 2.13. The van der Waals surface area contributed by atoms with Crippen LogP contribution in [0.5, 0.6) is 5.75 Å². The molecule has 1 aromatic heterocycles. The van der Waals surface area contributed by atoms with Crippen molar-refractivity contribution in [2.75, 3.05) is 13.2 Å². The Morgan fingerprint density at radius 3 is 2.83 bits per heavy atom. The Bertz CT molecular complexity index is 715. The monoisotopic (exact) mass is 322 g/mol. The van der Waals surface area contributed by atoms with E-state index in [1.54, 1.807) is 12.3 Å². The number of hydrogen-bond donors (Lipinski definition) is 1. The number of ether oxygens (including phenoxy) is 1. The van der Waals surface area contributed by atoms with Gasteiger partial charge in [0.25, 0.3) is 5.91 Å². The van der Waals surface area contributed by atoms with Crippen molar-refractivity contribution in [2.24, 2.45) is 5.92 Å². The molecule has 1 aromatic carbocycles. The third kappa shape index (κ3) is 5.44. The molecule has 0 aliphatic carbocycles. The molecule has 1 heterocycles. The molecule has 2 rings (SSSR count). The number of benzene rings is 1. The van der Waals surface area contributed by atoms with Crippen LogP contribution in [0.25, 0.3) is 0 Å². The molecule has 4 heteroatoms. The van der Waals surface area contributed by atoms with E-state index in [4.69, 9.17) is 11.2 Å². The molecule has 0 radical (unpaired) electrons. The van der Waals surface area contributed by atoms with Gasteiger partial charge in [-0.2, -0.15) is 0 Å². The average Bonchev–Trinajstić information content (AvgIpc) is 2.60. The Labute approximate surface area is 143 Å². The lowest BCUT2D eigenvalue weighted by Crippen LogP contribution is -2.28. The molecule has 2 aromatic rings. The van der Waals surface area contributed by atoms with Crippen LogP contribution in [0.2, 0.25) is 0 Å². The molecule has 0 saturated heterocycles. The van der Waals surface area contributed by atoms with E-state index in [0.717, 1.165) is 16.9 Å². The molecular formula is C20H22N2O2. The summed E-state index contributed by atoms with van der Waals surface area (Å²) in [6.45, 7) is 5.27. The summed E-state index contributed by atoms with van der Waals surface area (Å²) in [6, 6.07) is 11.1. The summed E-state index contributed by atoms with van der Waals surface area (Å²) in [7, 11) is 0. The first-order valence-electron chi connectivity index (χ1n) is 8.01. The minimum Gasteiger partial charge on any atom is -0.493 e. The van der Waals surface area contributed by atoms with Gasteiger partial charge in [-0.05, 0) is 35.7 Å². The number of carbonyl (C=O) groups is 1. The van der Waals surface area contributed by atoms with Crippen molar-refractivity contribution in [3.05, 3.63) is 59.4 Å². The second-order valence-corrected chi connectivity index (χ2v) is 5.93. The van der Waals surface area contributed by atoms with E-state index in [2.05, 4.69) is 30.1 Å². The zero-order valence-electron chi connectivity index (χ0n) is 14.1. The van der Waals surface area contributed by atoms with Gasteiger partial charge in [-0.25, -0.2) is 0 Å². The second-order valence-electron chi connectivity index (χ2n) is 5.93. The zero-order chi connectivity index (χ0) is 17.4. The normalized spacial score (nSPS) is 10.2. The van der Waals surface area contributed by atoms with Crippen molar-refractivity contribution in [1.82, 2.24) is 10.3 Å². The van der Waals surface area contributed by atoms with Crippen LogP contribution >= 0.6 is 0 Å². The first-order valence-corrected chi connectivity index (χ1v) is 8.01. The molecule has 0 spiro atoms. The summed E-state index contributed by atoms with van der Waals surface area (Å²) in [5.41, 5.74) is 2.25. The maximum absolute atomic E-state index is 11.9. The fraction of sp³-hybridized carbons (Fsp3) is 0.300. The SMILES string of the molecule is C#Cc1cccc(OCCc2ccc(C(=O)NCC(C)C)nc2)c1. The number of terminal acetylenes is 1. The fourth-order valence-electron chi connectivity index (χ4n) is 2.06. The lowest BCUT2D eigenvalue weighted by atomic mass is 10.2. The first-order chi connectivity index (χ1) is 11.6. The molecule has 0 saturated carbocycles. The van der Waals surface area contributed by atoms with Gasteiger partial charge in [-0.15, -0.1) is 6.42 Å². The molecule has 0 bridgehead atoms. The van der Waals surface area contributed by atoms with Crippen LogP contribution in [0, 0.1) is 18.3 Å². The van der Waals surface area contributed by atoms with Crippen LogP contribution in [0.15, 0.2) is 42.6 Å². The summed E-state index contributed by atoms with van der Waals surface area (Å²) in [5.74, 6) is 3.61. The van der Waals surface area contributed by atoms with Crippen molar-refractivity contribution in [1.29, 1.82) is 0 Å². The number of nitrogens with one attached hydrogen (secondary N) is 1. The molecule has 1 amide bonds. The maximum Gasteiger partial charge on any atom is 0.269 e. The molecule has 0 fully saturated rings. The quantitative estimate of drug-likeness (QED) is 0.797. The second kappa shape index (κ2) is 8.73. The molecule has 1 N–H and O–H groups in total. The highest BCUT2D eigenvalue weighted by Gasteiger charge is 2.07. The Morgan fingerprint density at radius 1 is 1.33 bits per heavy atom. The lowest BCUT2D eigenvalue weighted by molar-refractivity contribution is 0.0944. The van der Waals surface area contributed by atoms with Crippen LogP contribution in [0.1, 0.15) is 35.5 Å². The van der Waals surface area contributed by atoms with Gasteiger partial charge in [0.1, 0.15) is 11.4 Å². The molecule has 124 valence electrons. The van der Waals surface area contributed by atoms with Crippen LogP contribution < -0.4 is 10.1 Å². The predicted octanol–water partition coefficient (Wildman–Crippen LogP) is 3.07. The first kappa shape index (κ1) is 17.6. The van der Waals surface area contributed by atoms with Gasteiger partial charge in [0.05, 0.1) is 6.61 Å². The Kier molecular flexibility index (Phi) is 6.39. The molecular weight excluding hydrogens is 300 g/mol. The summed E-state index contributed by atoms with van der Waals surface area (Å²) in [4.78, 5) is 16.1. The average molecular weight is 322 g/mol. The van der Waals surface area contributed by atoms with Crippen LogP contribution in [-0.2, 0) is 6.42 Å². The van der Waals surface area contributed by atoms with Crippen molar-refractivity contribution in [3.63, 3.8) is 0 Å². The largest absolute Gasteiger partial charge is 0.493 e. The van der Waals surface area contributed by atoms with Gasteiger partial charge >= 0.3 is 0 Å². The Morgan fingerprint density at radius 2 is 2.17 bits per heavy atom. The Balaban J connectivity index is 1.83. The van der Waals surface area contributed by atoms with Gasteiger partial charge in [0.15, 0.2) is 0 Å². The number of amides is 1. The molecule has 24 heavy (non-hydrogen) atoms. The van der Waals surface area contributed by atoms with Crippen LogP contribution in [0.4, 0.5) is 0 Å². The number of pyridine rings is 1. The van der Waals surface area contributed by atoms with E-state index in [1.165, 1.54) is 0 Å². The number of carbonyl (C=O) groups excluding carboxylic acids is 1. The number of aromatic nitrogens is 1. The van der Waals surface area contributed by atoms with Gasteiger partial charge in [-0.1, -0.05) is 31.9 Å². The van der Waals surface area contributed by atoms with Crippen LogP contribution in [-0.4, -0.2) is 24.0 Å². The smallest absolute Gasteiger partial charge is 0.269 e. The minimum atomic E-state index is -0.141. The highest BCUT2D eigenvalue weighted by molar-refractivity contribution is 5.92. The van der Waals surface area contributed by atoms with Crippen molar-refractivity contribution >= 4 is 5.91 Å². The van der Waals surface area contributed by atoms with Gasteiger partial charge in [0.2, 0.25) is 0 Å². The summed E-state index contributed by atoms with van der Waals surface area (Å²) < 4.78 is 5.69. The summed E-state index contributed by atoms with van der Waals surface area (Å²) in [6.07, 6.45) is 7.79.